The van der Waals surface area contributed by atoms with Crippen LogP contribution in [0.3, 0.4) is 0 Å². The van der Waals surface area contributed by atoms with Gasteiger partial charge in [-0.15, -0.1) is 0 Å². The van der Waals surface area contributed by atoms with Gasteiger partial charge in [0.1, 0.15) is 0 Å². The molecule has 0 unspecified atom stereocenters. The van der Waals surface area contributed by atoms with Crippen molar-refractivity contribution in [3.8, 4) is 0 Å². The summed E-state index contributed by atoms with van der Waals surface area (Å²) in [5, 5.41) is 10.8. The first-order valence-corrected chi connectivity index (χ1v) is 6.99. The number of H-pyrrole nitrogens is 1. The minimum Gasteiger partial charge on any atom is -0.352 e. The van der Waals surface area contributed by atoms with Gasteiger partial charge in [0, 0.05) is 23.5 Å². The van der Waals surface area contributed by atoms with Crippen LogP contribution in [-0.4, -0.2) is 47.2 Å². The van der Waals surface area contributed by atoms with E-state index in [1.54, 1.807) is 6.20 Å². The Bertz CT molecular complexity index is 576. The van der Waals surface area contributed by atoms with Crippen molar-refractivity contribution in [2.75, 3.05) is 20.1 Å². The molecule has 0 atom stereocenters. The number of carbonyl (C=O) groups is 1. The Morgan fingerprint density at radius 1 is 1.45 bits per heavy atom. The first kappa shape index (κ1) is 14.5. The first-order chi connectivity index (χ1) is 9.58. The van der Waals surface area contributed by atoms with Crippen LogP contribution in [-0.2, 0) is 0 Å². The molecule has 0 aliphatic carbocycles. The first-order valence-electron chi connectivity index (χ1n) is 6.99. The third-order valence-corrected chi connectivity index (χ3v) is 3.56. The van der Waals surface area contributed by atoms with Gasteiger partial charge in [0.2, 0.25) is 0 Å². The summed E-state index contributed by atoms with van der Waals surface area (Å²) >= 11 is 0. The van der Waals surface area contributed by atoms with Gasteiger partial charge in [0.05, 0.1) is 11.7 Å². The summed E-state index contributed by atoms with van der Waals surface area (Å²) in [6.07, 6.45) is 2.70. The Morgan fingerprint density at radius 2 is 2.25 bits per heavy atom. The number of aromatic nitrogens is 2. The average Bonchev–Trinajstić information content (AvgIpc) is 2.90. The van der Waals surface area contributed by atoms with Crippen molar-refractivity contribution in [3.05, 3.63) is 30.0 Å². The standard InChI is InChI=1S/C15H22N4O/c1-11(2)19(3)8-4-7-16-15(20)12-5-6-13-10-17-18-14(13)9-12/h5-6,9-11H,4,7-8H2,1-3H3,(H,16,20)(H,17,18). The normalized spacial score (nSPS) is 11.4. The number of hydrogen-bond donors (Lipinski definition) is 2. The summed E-state index contributed by atoms with van der Waals surface area (Å²) in [6.45, 7) is 6.00. The second-order valence-electron chi connectivity index (χ2n) is 5.36. The smallest absolute Gasteiger partial charge is 0.251 e. The molecule has 0 spiro atoms. The summed E-state index contributed by atoms with van der Waals surface area (Å²) in [5.41, 5.74) is 1.55. The maximum atomic E-state index is 12.0. The molecule has 20 heavy (non-hydrogen) atoms. The van der Waals surface area contributed by atoms with Crippen molar-refractivity contribution < 1.29 is 4.79 Å². The van der Waals surface area contributed by atoms with Crippen molar-refractivity contribution in [3.63, 3.8) is 0 Å². The van der Waals surface area contributed by atoms with Gasteiger partial charge in [-0.1, -0.05) is 6.07 Å². The van der Waals surface area contributed by atoms with E-state index < -0.39 is 0 Å². The number of rotatable bonds is 6. The summed E-state index contributed by atoms with van der Waals surface area (Å²) in [7, 11) is 2.10. The molecular weight excluding hydrogens is 252 g/mol. The molecule has 0 saturated heterocycles. The Kier molecular flexibility index (Phi) is 4.74. The Hall–Kier alpha value is -1.88. The summed E-state index contributed by atoms with van der Waals surface area (Å²) in [6, 6.07) is 6.10. The quantitative estimate of drug-likeness (QED) is 0.792. The van der Waals surface area contributed by atoms with Crippen molar-refractivity contribution in [1.82, 2.24) is 20.4 Å². The highest BCUT2D eigenvalue weighted by atomic mass is 16.1. The molecule has 1 amide bonds. The zero-order valence-electron chi connectivity index (χ0n) is 12.3. The van der Waals surface area contributed by atoms with Gasteiger partial charge in [0.15, 0.2) is 0 Å². The maximum absolute atomic E-state index is 12.0. The number of fused-ring (bicyclic) bond motifs is 1. The van der Waals surface area contributed by atoms with Crippen LogP contribution < -0.4 is 5.32 Å². The van der Waals surface area contributed by atoms with Gasteiger partial charge in [0.25, 0.3) is 5.91 Å². The highest BCUT2D eigenvalue weighted by Crippen LogP contribution is 2.12. The molecule has 5 nitrogen and oxygen atoms in total. The number of carbonyl (C=O) groups excluding carboxylic acids is 1. The Labute approximate surface area is 119 Å². The van der Waals surface area contributed by atoms with Crippen molar-refractivity contribution in [2.45, 2.75) is 26.3 Å². The number of amides is 1. The van der Waals surface area contributed by atoms with E-state index in [0.717, 1.165) is 23.9 Å². The van der Waals surface area contributed by atoms with E-state index >= 15 is 0 Å². The fourth-order valence-corrected chi connectivity index (χ4v) is 1.97. The lowest BCUT2D eigenvalue weighted by Gasteiger charge is -2.20. The number of aromatic amines is 1. The lowest BCUT2D eigenvalue weighted by molar-refractivity contribution is 0.0951. The van der Waals surface area contributed by atoms with E-state index in [0.29, 0.717) is 18.2 Å². The van der Waals surface area contributed by atoms with E-state index in [9.17, 15) is 4.79 Å². The molecule has 108 valence electrons. The molecule has 1 heterocycles. The van der Waals surface area contributed by atoms with Gasteiger partial charge in [-0.3, -0.25) is 9.89 Å². The minimum absolute atomic E-state index is 0.0336. The highest BCUT2D eigenvalue weighted by molar-refractivity contribution is 5.97. The van der Waals surface area contributed by atoms with Crippen LogP contribution in [0, 0.1) is 0 Å². The van der Waals surface area contributed by atoms with E-state index in [2.05, 4.69) is 41.3 Å². The molecule has 0 aliphatic rings. The zero-order valence-corrected chi connectivity index (χ0v) is 12.3. The molecule has 5 heteroatoms. The fraction of sp³-hybridized carbons (Fsp3) is 0.467. The SMILES string of the molecule is CC(C)N(C)CCCNC(=O)c1ccc2cn[nH]c2c1. The maximum Gasteiger partial charge on any atom is 0.251 e. The molecular formula is C15H22N4O. The molecule has 2 aromatic rings. The number of nitrogens with one attached hydrogen (secondary N) is 2. The lowest BCUT2D eigenvalue weighted by atomic mass is 10.1. The van der Waals surface area contributed by atoms with Crippen molar-refractivity contribution in [2.24, 2.45) is 0 Å². The van der Waals surface area contributed by atoms with Crippen LogP contribution >= 0.6 is 0 Å². The van der Waals surface area contributed by atoms with Gasteiger partial charge < -0.3 is 10.2 Å². The fourth-order valence-electron chi connectivity index (χ4n) is 1.97. The van der Waals surface area contributed by atoms with Crippen LogP contribution in [0.4, 0.5) is 0 Å². The van der Waals surface area contributed by atoms with Gasteiger partial charge in [-0.2, -0.15) is 5.10 Å². The number of hydrogen-bond acceptors (Lipinski definition) is 3. The molecule has 0 fully saturated rings. The zero-order chi connectivity index (χ0) is 14.5. The molecule has 1 aromatic carbocycles. The largest absolute Gasteiger partial charge is 0.352 e. The molecule has 0 radical (unpaired) electrons. The summed E-state index contributed by atoms with van der Waals surface area (Å²) in [4.78, 5) is 14.3. The number of nitrogens with zero attached hydrogens (tertiary/aromatic N) is 2. The predicted octanol–water partition coefficient (Wildman–Crippen LogP) is 2.02. The Morgan fingerprint density at radius 3 is 3.00 bits per heavy atom. The van der Waals surface area contributed by atoms with Crippen molar-refractivity contribution >= 4 is 16.8 Å². The molecule has 1 aromatic heterocycles. The molecule has 2 N–H and O–H groups in total. The second-order valence-corrected chi connectivity index (χ2v) is 5.36. The minimum atomic E-state index is -0.0336. The lowest BCUT2D eigenvalue weighted by Crippen LogP contribution is -2.31. The van der Waals surface area contributed by atoms with Gasteiger partial charge in [-0.25, -0.2) is 0 Å². The predicted molar refractivity (Wildman–Crippen MR) is 80.8 cm³/mol. The third-order valence-electron chi connectivity index (χ3n) is 3.56. The van der Waals surface area contributed by atoms with Crippen molar-refractivity contribution in [1.29, 1.82) is 0 Å². The topological polar surface area (TPSA) is 61.0 Å². The number of benzene rings is 1. The molecule has 2 rings (SSSR count). The van der Waals surface area contributed by atoms with Crippen LogP contribution in [0.25, 0.3) is 10.9 Å². The summed E-state index contributed by atoms with van der Waals surface area (Å²) < 4.78 is 0. The van der Waals surface area contributed by atoms with Crippen LogP contribution in [0.5, 0.6) is 0 Å². The monoisotopic (exact) mass is 274 g/mol. The molecule has 0 aliphatic heterocycles. The van der Waals surface area contributed by atoms with Crippen LogP contribution in [0.15, 0.2) is 24.4 Å². The van der Waals surface area contributed by atoms with E-state index in [1.807, 2.05) is 18.2 Å². The molecule has 0 bridgehead atoms. The second kappa shape index (κ2) is 6.52. The third kappa shape index (κ3) is 3.57. The van der Waals surface area contributed by atoms with Crippen LogP contribution in [0.1, 0.15) is 30.6 Å². The van der Waals surface area contributed by atoms with E-state index in [4.69, 9.17) is 0 Å². The van der Waals surface area contributed by atoms with Gasteiger partial charge >= 0.3 is 0 Å². The summed E-state index contributed by atoms with van der Waals surface area (Å²) in [5.74, 6) is -0.0336. The average molecular weight is 274 g/mol. The van der Waals surface area contributed by atoms with E-state index in [1.165, 1.54) is 0 Å². The van der Waals surface area contributed by atoms with E-state index in [-0.39, 0.29) is 5.91 Å². The Balaban J connectivity index is 1.82. The highest BCUT2D eigenvalue weighted by Gasteiger charge is 2.07. The molecule has 0 saturated carbocycles. The van der Waals surface area contributed by atoms with Gasteiger partial charge in [-0.05, 0) is 46.0 Å². The van der Waals surface area contributed by atoms with Crippen LogP contribution in [0.2, 0.25) is 0 Å².